The van der Waals surface area contributed by atoms with Crippen molar-refractivity contribution in [2.45, 2.75) is 111 Å². The van der Waals surface area contributed by atoms with Gasteiger partial charge in [0.15, 0.2) is 0 Å². The summed E-state index contributed by atoms with van der Waals surface area (Å²) in [5, 5.41) is 0. The molecular weight excluding hydrogens is 536 g/mol. The molecule has 8 nitrogen and oxygen atoms in total. The van der Waals surface area contributed by atoms with Crippen LogP contribution in [0.3, 0.4) is 0 Å². The van der Waals surface area contributed by atoms with Gasteiger partial charge in [-0.25, -0.2) is 4.79 Å². The Morgan fingerprint density at radius 2 is 1.40 bits per heavy atom. The normalized spacial score (nSPS) is 36.8. The second kappa shape index (κ2) is 11.9. The lowest BCUT2D eigenvalue weighted by atomic mass is 9.44. The van der Waals surface area contributed by atoms with Gasteiger partial charge in [-0.05, 0) is 129 Å². The number of anilines is 5. The fourth-order valence-corrected chi connectivity index (χ4v) is 11.0. The van der Waals surface area contributed by atoms with E-state index in [9.17, 15) is 4.79 Å². The van der Waals surface area contributed by atoms with E-state index in [0.29, 0.717) is 28.6 Å². The monoisotopic (exact) mass is 596 g/mol. The fourth-order valence-electron chi connectivity index (χ4n) is 11.0. The third kappa shape index (κ3) is 5.33. The molecule has 0 heterocycles. The molecule has 0 amide bonds. The van der Waals surface area contributed by atoms with Crippen molar-refractivity contribution in [3.63, 3.8) is 0 Å². The summed E-state index contributed by atoms with van der Waals surface area (Å²) in [5.41, 5.74) is 37.5. The summed E-state index contributed by atoms with van der Waals surface area (Å²) in [7, 11) is 0. The van der Waals surface area contributed by atoms with Gasteiger partial charge in [-0.3, -0.25) is 0 Å². The van der Waals surface area contributed by atoms with Crippen LogP contribution >= 0.6 is 0 Å². The number of fused-ring (bicyclic) bond motifs is 5. The summed E-state index contributed by atoms with van der Waals surface area (Å²) in [5.74, 6) is 5.35. The first-order valence-electron chi connectivity index (χ1n) is 17.2. The molecule has 0 aliphatic heterocycles. The Bertz CT molecular complexity index is 1170. The summed E-state index contributed by atoms with van der Waals surface area (Å²) in [6.07, 6.45) is 13.3. The molecule has 0 bridgehead atoms. The molecule has 0 spiro atoms. The maximum atomic E-state index is 13.3. The number of hydrogen-bond acceptors (Lipinski definition) is 8. The first-order valence-corrected chi connectivity index (χ1v) is 17.2. The standard InChI is InChI=1S/C35H60N6O2/c1-18(2)20(17-36)7-6-19(3)24-10-11-25-23-9-8-21-16-22(12-14-34(21,4)26(23)13-15-35(24,25)5)43-33(42)27-28(37)30(39)32(41)31(40)29(27)38/h18-26H,6-17,36-41H2,1-5H3/t19?,20?,21?,22?,23?,24?,25?,26?,34-,35+/m0/s1. The van der Waals surface area contributed by atoms with Crippen molar-refractivity contribution < 1.29 is 9.53 Å². The molecule has 4 aliphatic carbocycles. The largest absolute Gasteiger partial charge is 0.459 e. The van der Waals surface area contributed by atoms with Crippen molar-refractivity contribution in [2.24, 2.45) is 63.9 Å². The summed E-state index contributed by atoms with van der Waals surface area (Å²) < 4.78 is 6.05. The maximum Gasteiger partial charge on any atom is 0.342 e. The van der Waals surface area contributed by atoms with E-state index < -0.39 is 5.97 Å². The molecule has 8 heteroatoms. The molecule has 1 aromatic carbocycles. The molecule has 4 fully saturated rings. The fraction of sp³-hybridized carbons (Fsp3) is 0.800. The summed E-state index contributed by atoms with van der Waals surface area (Å²) in [6.45, 7) is 13.2. The van der Waals surface area contributed by atoms with Crippen molar-refractivity contribution in [3.8, 4) is 0 Å². The van der Waals surface area contributed by atoms with Crippen molar-refractivity contribution in [1.29, 1.82) is 0 Å². The van der Waals surface area contributed by atoms with Crippen LogP contribution < -0.4 is 34.4 Å². The molecular formula is C35H60N6O2. The highest BCUT2D eigenvalue weighted by molar-refractivity contribution is 6.10. The zero-order valence-electron chi connectivity index (χ0n) is 27.5. The number of esters is 1. The number of hydrogen-bond donors (Lipinski definition) is 6. The van der Waals surface area contributed by atoms with Crippen LogP contribution in [0.25, 0.3) is 0 Å². The molecule has 0 radical (unpaired) electrons. The smallest absolute Gasteiger partial charge is 0.342 e. The van der Waals surface area contributed by atoms with Gasteiger partial charge in [0.05, 0.1) is 28.4 Å². The SMILES string of the molecule is CC(C)C(CN)CCC(C)C1CCC2C3CCC4CC(OC(=O)c5c(N)c(N)c(N)c(N)c5N)CC[C@]4(C)C3CC[C@]12C. The van der Waals surface area contributed by atoms with Gasteiger partial charge in [0.1, 0.15) is 11.7 Å². The number of benzene rings is 1. The lowest BCUT2D eigenvalue weighted by molar-refractivity contribution is -0.130. The molecule has 242 valence electrons. The highest BCUT2D eigenvalue weighted by Gasteiger charge is 2.60. The van der Waals surface area contributed by atoms with Gasteiger partial charge in [-0.1, -0.05) is 41.0 Å². The van der Waals surface area contributed by atoms with Gasteiger partial charge >= 0.3 is 5.97 Å². The minimum absolute atomic E-state index is 0.0422. The van der Waals surface area contributed by atoms with E-state index in [1.54, 1.807) is 0 Å². The van der Waals surface area contributed by atoms with Crippen LogP contribution in [0.1, 0.15) is 116 Å². The van der Waals surface area contributed by atoms with E-state index >= 15 is 0 Å². The second-order valence-electron chi connectivity index (χ2n) is 15.9. The molecule has 4 saturated carbocycles. The van der Waals surface area contributed by atoms with Crippen LogP contribution in [0, 0.1) is 58.2 Å². The zero-order chi connectivity index (χ0) is 31.4. The minimum Gasteiger partial charge on any atom is -0.459 e. The predicted molar refractivity (Wildman–Crippen MR) is 179 cm³/mol. The van der Waals surface area contributed by atoms with E-state index in [-0.39, 0.29) is 40.1 Å². The molecule has 43 heavy (non-hydrogen) atoms. The van der Waals surface area contributed by atoms with Crippen molar-refractivity contribution in [1.82, 2.24) is 0 Å². The molecule has 10 atom stereocenters. The quantitative estimate of drug-likeness (QED) is 0.146. The van der Waals surface area contributed by atoms with Gasteiger partial charge in [-0.15, -0.1) is 0 Å². The topological polar surface area (TPSA) is 182 Å². The highest BCUT2D eigenvalue weighted by Crippen LogP contribution is 2.68. The van der Waals surface area contributed by atoms with Gasteiger partial charge in [-0.2, -0.15) is 0 Å². The Labute approximate surface area is 259 Å². The number of ether oxygens (including phenoxy) is 1. The molecule has 8 unspecified atom stereocenters. The molecule has 0 saturated heterocycles. The van der Waals surface area contributed by atoms with Crippen LogP contribution in [-0.2, 0) is 4.74 Å². The van der Waals surface area contributed by atoms with E-state index in [0.717, 1.165) is 55.4 Å². The lowest BCUT2D eigenvalue weighted by Crippen LogP contribution is -2.54. The summed E-state index contributed by atoms with van der Waals surface area (Å²) >= 11 is 0. The first-order chi connectivity index (χ1) is 20.2. The number of nitrogens with two attached hydrogens (primary N) is 6. The Morgan fingerprint density at radius 1 is 0.791 bits per heavy atom. The van der Waals surface area contributed by atoms with E-state index in [2.05, 4.69) is 34.6 Å². The van der Waals surface area contributed by atoms with Crippen LogP contribution in [0.15, 0.2) is 0 Å². The second-order valence-corrected chi connectivity index (χ2v) is 15.9. The van der Waals surface area contributed by atoms with Crippen LogP contribution in [-0.4, -0.2) is 18.6 Å². The molecule has 1 aromatic rings. The van der Waals surface area contributed by atoms with E-state index in [1.807, 2.05) is 0 Å². The lowest BCUT2D eigenvalue weighted by Gasteiger charge is -2.61. The Kier molecular flexibility index (Phi) is 8.85. The van der Waals surface area contributed by atoms with Crippen molar-refractivity contribution >= 4 is 34.4 Å². The Morgan fingerprint density at radius 3 is 2.02 bits per heavy atom. The number of rotatable bonds is 8. The van der Waals surface area contributed by atoms with Crippen LogP contribution in [0.5, 0.6) is 0 Å². The van der Waals surface area contributed by atoms with Gasteiger partial charge < -0.3 is 39.1 Å². The van der Waals surface area contributed by atoms with Gasteiger partial charge in [0.25, 0.3) is 0 Å². The van der Waals surface area contributed by atoms with E-state index in [4.69, 9.17) is 39.1 Å². The summed E-state index contributed by atoms with van der Waals surface area (Å²) in [6, 6.07) is 0. The first kappa shape index (κ1) is 32.1. The van der Waals surface area contributed by atoms with Gasteiger partial charge in [0, 0.05) is 0 Å². The van der Waals surface area contributed by atoms with Gasteiger partial charge in [0.2, 0.25) is 0 Å². The summed E-state index contributed by atoms with van der Waals surface area (Å²) in [4.78, 5) is 13.3. The predicted octanol–water partition coefficient (Wildman–Crippen LogP) is 6.43. The number of nitrogen functional groups attached to an aromatic ring is 5. The number of carbonyl (C=O) groups excluding carboxylic acids is 1. The van der Waals surface area contributed by atoms with Crippen molar-refractivity contribution in [3.05, 3.63) is 5.56 Å². The Balaban J connectivity index is 1.24. The maximum absolute atomic E-state index is 13.3. The average molecular weight is 597 g/mol. The third-order valence-corrected chi connectivity index (χ3v) is 13.8. The average Bonchev–Trinajstić information content (AvgIpc) is 3.32. The van der Waals surface area contributed by atoms with Crippen molar-refractivity contribution in [2.75, 3.05) is 35.2 Å². The molecule has 0 aromatic heterocycles. The number of carbonyl (C=O) groups is 1. The zero-order valence-corrected chi connectivity index (χ0v) is 27.5. The third-order valence-electron chi connectivity index (χ3n) is 13.8. The highest BCUT2D eigenvalue weighted by atomic mass is 16.5. The molecule has 12 N–H and O–H groups in total. The van der Waals surface area contributed by atoms with Crippen LogP contribution in [0.2, 0.25) is 0 Å². The molecule has 4 aliphatic rings. The van der Waals surface area contributed by atoms with Crippen LogP contribution in [0.4, 0.5) is 28.4 Å². The minimum atomic E-state index is -0.554. The van der Waals surface area contributed by atoms with E-state index in [1.165, 1.54) is 51.4 Å². The Hall–Kier alpha value is -2.35. The molecule has 5 rings (SSSR count).